The summed E-state index contributed by atoms with van der Waals surface area (Å²) in [6, 6.07) is 9.40. The molecule has 27 heavy (non-hydrogen) atoms. The number of rotatable bonds is 12. The highest BCUT2D eigenvalue weighted by molar-refractivity contribution is 7.53. The summed E-state index contributed by atoms with van der Waals surface area (Å²) in [6.07, 6.45) is -0.465. The van der Waals surface area contributed by atoms with Crippen LogP contribution in [0.3, 0.4) is 0 Å². The molecule has 0 bridgehead atoms. The first kappa shape index (κ1) is 23.3. The minimum Gasteiger partial charge on any atom is -0.479 e. The molecule has 152 valence electrons. The number of hydrogen-bond donors (Lipinski definition) is 4. The smallest absolute Gasteiger partial charge is 0.351 e. The molecule has 0 saturated carbocycles. The van der Waals surface area contributed by atoms with Crippen molar-refractivity contribution < 1.29 is 28.7 Å². The second-order valence-electron chi connectivity index (χ2n) is 6.67. The molecule has 0 radical (unpaired) electrons. The first-order valence-electron chi connectivity index (χ1n) is 8.94. The minimum absolute atomic E-state index is 0.0170. The molecule has 0 spiro atoms. The van der Waals surface area contributed by atoms with Crippen LogP contribution in [-0.2, 0) is 25.1 Å². The third-order valence-electron chi connectivity index (χ3n) is 4.00. The zero-order valence-corrected chi connectivity index (χ0v) is 16.6. The van der Waals surface area contributed by atoms with E-state index in [1.165, 1.54) is 0 Å². The van der Waals surface area contributed by atoms with E-state index in [-0.39, 0.29) is 19.4 Å². The number of benzene rings is 1. The van der Waals surface area contributed by atoms with Gasteiger partial charge >= 0.3 is 13.6 Å². The molecule has 0 aliphatic rings. The maximum Gasteiger partial charge on any atom is 0.351 e. The Hall–Kier alpha value is -1.73. The van der Waals surface area contributed by atoms with Gasteiger partial charge in [0.05, 0.1) is 0 Å². The van der Waals surface area contributed by atoms with E-state index in [0.717, 1.165) is 5.56 Å². The Morgan fingerprint density at radius 2 is 1.89 bits per heavy atom. The molecule has 9 heteroatoms. The van der Waals surface area contributed by atoms with Crippen LogP contribution in [0.25, 0.3) is 0 Å². The molecule has 0 fully saturated rings. The topological polar surface area (TPSA) is 139 Å². The molecule has 8 nitrogen and oxygen atoms in total. The Balaban J connectivity index is 2.74. The molecule has 1 aromatic carbocycles. The fraction of sp³-hybridized carbons (Fsp3) is 0.556. The van der Waals surface area contributed by atoms with Gasteiger partial charge in [-0.25, -0.2) is 4.79 Å². The van der Waals surface area contributed by atoms with E-state index < -0.39 is 37.3 Å². The van der Waals surface area contributed by atoms with E-state index in [2.05, 4.69) is 5.32 Å². The Kier molecular flexibility index (Phi) is 9.66. The van der Waals surface area contributed by atoms with Gasteiger partial charge in [0.1, 0.15) is 5.78 Å². The second-order valence-corrected chi connectivity index (χ2v) is 8.56. The predicted octanol–water partition coefficient (Wildman–Crippen LogP) is 2.11. The standard InChI is InChI=1S/C18H29N2O6P/c1-13(2)17(20-16(21)11-10-14-7-4-3-5-8-14)27(24,25)26-15(18(22)23)9-6-12-19/h3-5,7-8,13,15,17H,6,9-12,19H2,1-2H3,(H,20,21)(H,22,23)(H,24,25). The van der Waals surface area contributed by atoms with Gasteiger partial charge in [-0.15, -0.1) is 0 Å². The minimum atomic E-state index is -4.41. The SMILES string of the molecule is CC(C)C(NC(=O)CCc1ccccc1)P(=O)(O)OC(CCCN)C(=O)O. The Labute approximate surface area is 159 Å². The van der Waals surface area contributed by atoms with Gasteiger partial charge in [-0.05, 0) is 37.3 Å². The number of amides is 1. The Morgan fingerprint density at radius 1 is 1.26 bits per heavy atom. The van der Waals surface area contributed by atoms with Gasteiger partial charge < -0.3 is 21.1 Å². The maximum atomic E-state index is 12.7. The average Bonchev–Trinajstić information content (AvgIpc) is 2.61. The van der Waals surface area contributed by atoms with E-state index in [1.807, 2.05) is 30.3 Å². The monoisotopic (exact) mass is 400 g/mol. The van der Waals surface area contributed by atoms with Gasteiger partial charge in [-0.1, -0.05) is 44.2 Å². The van der Waals surface area contributed by atoms with E-state index in [1.54, 1.807) is 13.8 Å². The lowest BCUT2D eigenvalue weighted by molar-refractivity contribution is -0.145. The predicted molar refractivity (Wildman–Crippen MR) is 102 cm³/mol. The molecular formula is C18H29N2O6P. The average molecular weight is 400 g/mol. The van der Waals surface area contributed by atoms with E-state index in [9.17, 15) is 24.2 Å². The number of aryl methyl sites for hydroxylation is 1. The molecule has 0 aliphatic heterocycles. The van der Waals surface area contributed by atoms with Crippen molar-refractivity contribution >= 4 is 19.5 Å². The lowest BCUT2D eigenvalue weighted by atomic mass is 10.1. The van der Waals surface area contributed by atoms with Gasteiger partial charge in [-0.3, -0.25) is 13.9 Å². The first-order valence-corrected chi connectivity index (χ1v) is 10.6. The molecular weight excluding hydrogens is 371 g/mol. The van der Waals surface area contributed by atoms with Gasteiger partial charge in [0.2, 0.25) is 5.91 Å². The summed E-state index contributed by atoms with van der Waals surface area (Å²) in [6.45, 7) is 3.56. The van der Waals surface area contributed by atoms with Gasteiger partial charge in [0.25, 0.3) is 0 Å². The van der Waals surface area contributed by atoms with Crippen LogP contribution in [0.15, 0.2) is 30.3 Å². The van der Waals surface area contributed by atoms with Crippen molar-refractivity contribution in [2.45, 2.75) is 51.4 Å². The zero-order valence-electron chi connectivity index (χ0n) is 15.7. The van der Waals surface area contributed by atoms with Crippen LogP contribution in [0.1, 0.15) is 38.7 Å². The van der Waals surface area contributed by atoms with Crippen molar-refractivity contribution in [2.24, 2.45) is 11.7 Å². The molecule has 5 N–H and O–H groups in total. The van der Waals surface area contributed by atoms with Crippen LogP contribution in [0, 0.1) is 5.92 Å². The van der Waals surface area contributed by atoms with Crippen LogP contribution in [0.5, 0.6) is 0 Å². The summed E-state index contributed by atoms with van der Waals surface area (Å²) in [5.74, 6) is -3.36. The number of carbonyl (C=O) groups is 2. The molecule has 0 heterocycles. The molecule has 0 aliphatic carbocycles. The molecule has 1 aromatic rings. The number of carboxylic acids is 1. The van der Waals surface area contributed by atoms with Crippen molar-refractivity contribution in [3.05, 3.63) is 35.9 Å². The lowest BCUT2D eigenvalue weighted by Crippen LogP contribution is -2.40. The first-order chi connectivity index (χ1) is 12.7. The van der Waals surface area contributed by atoms with Crippen molar-refractivity contribution in [1.29, 1.82) is 0 Å². The van der Waals surface area contributed by atoms with E-state index in [0.29, 0.717) is 12.8 Å². The summed E-state index contributed by atoms with van der Waals surface area (Å²) >= 11 is 0. The fourth-order valence-electron chi connectivity index (χ4n) is 2.54. The summed E-state index contributed by atoms with van der Waals surface area (Å²) in [5.41, 5.74) is 6.34. The van der Waals surface area contributed by atoms with Crippen LogP contribution >= 0.6 is 7.60 Å². The molecule has 3 unspecified atom stereocenters. The van der Waals surface area contributed by atoms with Gasteiger partial charge in [0, 0.05) is 6.42 Å². The van der Waals surface area contributed by atoms with Crippen molar-refractivity contribution in [2.75, 3.05) is 6.54 Å². The van der Waals surface area contributed by atoms with E-state index in [4.69, 9.17) is 10.3 Å². The quantitative estimate of drug-likeness (QED) is 0.394. The third-order valence-corrected chi connectivity index (χ3v) is 5.98. The number of carboxylic acid groups (broad SMARTS) is 1. The summed E-state index contributed by atoms with van der Waals surface area (Å²) in [7, 11) is -4.41. The largest absolute Gasteiger partial charge is 0.479 e. The van der Waals surface area contributed by atoms with Crippen LogP contribution < -0.4 is 11.1 Å². The zero-order chi connectivity index (χ0) is 20.4. The molecule has 1 amide bonds. The summed E-state index contributed by atoms with van der Waals surface area (Å²) in [5, 5.41) is 11.7. The molecule has 0 saturated heterocycles. The molecule has 1 rings (SSSR count). The maximum absolute atomic E-state index is 12.7. The lowest BCUT2D eigenvalue weighted by Gasteiger charge is -2.28. The number of aliphatic carboxylic acids is 1. The van der Waals surface area contributed by atoms with Crippen LogP contribution in [-0.4, -0.2) is 40.3 Å². The fourth-order valence-corrected chi connectivity index (χ4v) is 4.29. The Bertz CT molecular complexity index is 653. The summed E-state index contributed by atoms with van der Waals surface area (Å²) in [4.78, 5) is 33.8. The van der Waals surface area contributed by atoms with Gasteiger partial charge in [0.15, 0.2) is 6.10 Å². The van der Waals surface area contributed by atoms with E-state index >= 15 is 0 Å². The number of carbonyl (C=O) groups excluding carboxylic acids is 1. The second kappa shape index (κ2) is 11.2. The molecule has 0 aromatic heterocycles. The van der Waals surface area contributed by atoms with Crippen LogP contribution in [0.4, 0.5) is 0 Å². The highest BCUT2D eigenvalue weighted by Crippen LogP contribution is 2.50. The number of nitrogens with one attached hydrogen (secondary N) is 1. The highest BCUT2D eigenvalue weighted by atomic mass is 31.2. The number of nitrogens with two attached hydrogens (primary N) is 1. The van der Waals surface area contributed by atoms with Crippen molar-refractivity contribution in [3.8, 4) is 0 Å². The van der Waals surface area contributed by atoms with Crippen molar-refractivity contribution in [3.63, 3.8) is 0 Å². The number of hydrogen-bond acceptors (Lipinski definition) is 5. The van der Waals surface area contributed by atoms with Gasteiger partial charge in [-0.2, -0.15) is 0 Å². The Morgan fingerprint density at radius 3 is 2.41 bits per heavy atom. The molecule has 3 atom stereocenters. The highest BCUT2D eigenvalue weighted by Gasteiger charge is 2.40. The van der Waals surface area contributed by atoms with Crippen LogP contribution in [0.2, 0.25) is 0 Å². The van der Waals surface area contributed by atoms with Crippen molar-refractivity contribution in [1.82, 2.24) is 5.32 Å². The summed E-state index contributed by atoms with van der Waals surface area (Å²) < 4.78 is 17.7. The normalized spacial score (nSPS) is 15.7. The third kappa shape index (κ3) is 8.22.